The molecule has 0 saturated heterocycles. The Labute approximate surface area is 157 Å². The number of carbonyl (C=O) groups excluding carboxylic acids is 1. The highest BCUT2D eigenvalue weighted by atomic mass is 32.2. The topological polar surface area (TPSA) is 59.8 Å². The van der Waals surface area contributed by atoms with Crippen LogP contribution in [0.2, 0.25) is 0 Å². The predicted octanol–water partition coefficient (Wildman–Crippen LogP) is 3.94. The van der Waals surface area contributed by atoms with Gasteiger partial charge < -0.3 is 5.32 Å². The number of rotatable bonds is 7. The van der Waals surface area contributed by atoms with Crippen LogP contribution in [0.5, 0.6) is 0 Å². The highest BCUT2D eigenvalue weighted by Gasteiger charge is 2.14. The van der Waals surface area contributed by atoms with E-state index in [1.807, 2.05) is 34.9 Å². The van der Waals surface area contributed by atoms with Crippen molar-refractivity contribution in [1.82, 2.24) is 20.1 Å². The number of para-hydroxylation sites is 1. The van der Waals surface area contributed by atoms with Gasteiger partial charge in [-0.05, 0) is 31.0 Å². The maximum atomic E-state index is 12.4. The summed E-state index contributed by atoms with van der Waals surface area (Å²) in [5.41, 5.74) is 3.32. The van der Waals surface area contributed by atoms with Crippen molar-refractivity contribution >= 4 is 17.7 Å². The number of hydrogen-bond acceptors (Lipinski definition) is 4. The molecule has 134 valence electrons. The first-order valence-corrected chi connectivity index (χ1v) is 9.60. The van der Waals surface area contributed by atoms with E-state index in [2.05, 4.69) is 53.6 Å². The van der Waals surface area contributed by atoms with Gasteiger partial charge in [0, 0.05) is 5.69 Å². The fourth-order valence-corrected chi connectivity index (χ4v) is 3.41. The molecular weight excluding hydrogens is 344 g/mol. The molecule has 0 bridgehead atoms. The van der Waals surface area contributed by atoms with Crippen LogP contribution in [0, 0.1) is 6.92 Å². The van der Waals surface area contributed by atoms with Crippen molar-refractivity contribution in [2.24, 2.45) is 0 Å². The second-order valence-electron chi connectivity index (χ2n) is 6.05. The number of thioether (sulfide) groups is 1. The summed E-state index contributed by atoms with van der Waals surface area (Å²) < 4.78 is 1.88. The lowest BCUT2D eigenvalue weighted by Crippen LogP contribution is -2.29. The second-order valence-corrected chi connectivity index (χ2v) is 6.99. The Morgan fingerprint density at radius 1 is 1.15 bits per heavy atom. The fourth-order valence-electron chi connectivity index (χ4n) is 2.67. The quantitative estimate of drug-likeness (QED) is 0.644. The third kappa shape index (κ3) is 4.52. The Hall–Kier alpha value is -2.60. The lowest BCUT2D eigenvalue weighted by molar-refractivity contribution is -0.119. The molecule has 3 aromatic rings. The molecule has 0 fully saturated rings. The van der Waals surface area contributed by atoms with Gasteiger partial charge in [0.1, 0.15) is 6.33 Å². The summed E-state index contributed by atoms with van der Waals surface area (Å²) in [6.45, 7) is 4.13. The first-order valence-electron chi connectivity index (χ1n) is 8.61. The van der Waals surface area contributed by atoms with Gasteiger partial charge in [-0.2, -0.15) is 0 Å². The van der Waals surface area contributed by atoms with Gasteiger partial charge >= 0.3 is 0 Å². The smallest absolute Gasteiger partial charge is 0.230 e. The van der Waals surface area contributed by atoms with Gasteiger partial charge in [0.25, 0.3) is 0 Å². The molecular formula is C20H22N4OS. The molecule has 1 aromatic heterocycles. The van der Waals surface area contributed by atoms with Crippen LogP contribution in [0.1, 0.15) is 30.5 Å². The van der Waals surface area contributed by atoms with E-state index in [-0.39, 0.29) is 11.9 Å². The van der Waals surface area contributed by atoms with E-state index in [9.17, 15) is 4.79 Å². The Morgan fingerprint density at radius 2 is 1.88 bits per heavy atom. The van der Waals surface area contributed by atoms with Crippen molar-refractivity contribution in [2.45, 2.75) is 31.5 Å². The summed E-state index contributed by atoms with van der Waals surface area (Å²) in [5, 5.41) is 11.9. The van der Waals surface area contributed by atoms with E-state index in [0.717, 1.165) is 17.7 Å². The Morgan fingerprint density at radius 3 is 2.58 bits per heavy atom. The number of carbonyl (C=O) groups is 1. The molecule has 1 N–H and O–H groups in total. The Bertz CT molecular complexity index is 846. The minimum Gasteiger partial charge on any atom is -0.349 e. The molecule has 0 aliphatic rings. The molecule has 0 spiro atoms. The van der Waals surface area contributed by atoms with Gasteiger partial charge in [-0.3, -0.25) is 9.36 Å². The molecule has 2 aromatic carbocycles. The van der Waals surface area contributed by atoms with Gasteiger partial charge in [0.2, 0.25) is 5.91 Å². The molecule has 1 atom stereocenters. The van der Waals surface area contributed by atoms with Crippen LogP contribution in [0.3, 0.4) is 0 Å². The van der Waals surface area contributed by atoms with Gasteiger partial charge in [0.15, 0.2) is 5.16 Å². The summed E-state index contributed by atoms with van der Waals surface area (Å²) in [4.78, 5) is 12.4. The van der Waals surface area contributed by atoms with E-state index in [1.54, 1.807) is 6.33 Å². The molecule has 3 rings (SSSR count). The van der Waals surface area contributed by atoms with Gasteiger partial charge in [-0.15, -0.1) is 10.2 Å². The van der Waals surface area contributed by atoms with Crippen LogP contribution in [0.25, 0.3) is 5.69 Å². The number of aromatic nitrogens is 3. The van der Waals surface area contributed by atoms with Gasteiger partial charge in [-0.25, -0.2) is 0 Å². The molecule has 0 aliphatic carbocycles. The van der Waals surface area contributed by atoms with Crippen molar-refractivity contribution in [1.29, 1.82) is 0 Å². The molecule has 0 radical (unpaired) electrons. The van der Waals surface area contributed by atoms with Crippen molar-refractivity contribution in [3.8, 4) is 5.69 Å². The van der Waals surface area contributed by atoms with Gasteiger partial charge in [0.05, 0.1) is 11.8 Å². The lowest BCUT2D eigenvalue weighted by atomic mass is 10.0. The number of nitrogens with one attached hydrogen (secondary N) is 1. The first kappa shape index (κ1) is 18.2. The fraction of sp³-hybridized carbons (Fsp3) is 0.250. The van der Waals surface area contributed by atoms with Crippen molar-refractivity contribution in [2.75, 3.05) is 5.75 Å². The molecule has 0 unspecified atom stereocenters. The molecule has 26 heavy (non-hydrogen) atoms. The maximum Gasteiger partial charge on any atom is 0.230 e. The van der Waals surface area contributed by atoms with E-state index >= 15 is 0 Å². The zero-order chi connectivity index (χ0) is 18.4. The minimum absolute atomic E-state index is 0.00923. The average molecular weight is 366 g/mol. The average Bonchev–Trinajstić information content (AvgIpc) is 3.14. The van der Waals surface area contributed by atoms with Crippen LogP contribution in [-0.4, -0.2) is 26.4 Å². The number of benzene rings is 2. The zero-order valence-corrected chi connectivity index (χ0v) is 15.7. The highest BCUT2D eigenvalue weighted by molar-refractivity contribution is 7.99. The molecule has 1 heterocycles. The molecule has 1 amide bonds. The second kappa shape index (κ2) is 8.67. The van der Waals surface area contributed by atoms with Crippen LogP contribution < -0.4 is 5.32 Å². The third-order valence-electron chi connectivity index (χ3n) is 4.11. The number of aryl methyl sites for hydroxylation is 1. The van der Waals surface area contributed by atoms with Crippen LogP contribution in [0.15, 0.2) is 66.1 Å². The summed E-state index contributed by atoms with van der Waals surface area (Å²) in [6.07, 6.45) is 2.51. The summed E-state index contributed by atoms with van der Waals surface area (Å²) in [5.74, 6) is 0.290. The standard InChI is InChI=1S/C20H22N4OS/c1-3-18(16-11-9-15(2)10-12-16)22-19(25)13-26-20-23-21-14-24(20)17-7-5-4-6-8-17/h4-12,14,18H,3,13H2,1-2H3,(H,22,25)/t18-/m0/s1. The Balaban J connectivity index is 1.61. The monoisotopic (exact) mass is 366 g/mol. The summed E-state index contributed by atoms with van der Waals surface area (Å²) in [6, 6.07) is 18.2. The Kier molecular flexibility index (Phi) is 6.07. The molecule has 6 heteroatoms. The van der Waals surface area contributed by atoms with Crippen LogP contribution in [-0.2, 0) is 4.79 Å². The number of hydrogen-bond donors (Lipinski definition) is 1. The zero-order valence-electron chi connectivity index (χ0n) is 14.9. The highest BCUT2D eigenvalue weighted by Crippen LogP contribution is 2.21. The van der Waals surface area contributed by atoms with E-state index in [1.165, 1.54) is 17.3 Å². The van der Waals surface area contributed by atoms with Crippen molar-refractivity contribution < 1.29 is 4.79 Å². The normalized spacial score (nSPS) is 11.9. The SMILES string of the molecule is CC[C@H](NC(=O)CSc1nncn1-c1ccccc1)c1ccc(C)cc1. The van der Waals surface area contributed by atoms with Crippen LogP contribution in [0.4, 0.5) is 0 Å². The van der Waals surface area contributed by atoms with Gasteiger partial charge in [-0.1, -0.05) is 66.7 Å². The third-order valence-corrected chi connectivity index (χ3v) is 5.05. The first-order chi connectivity index (χ1) is 12.7. The molecule has 0 saturated carbocycles. The largest absolute Gasteiger partial charge is 0.349 e. The van der Waals surface area contributed by atoms with E-state index in [0.29, 0.717) is 10.9 Å². The number of nitrogens with zero attached hydrogens (tertiary/aromatic N) is 3. The predicted molar refractivity (Wildman–Crippen MR) is 104 cm³/mol. The molecule has 0 aliphatic heterocycles. The summed E-state index contributed by atoms with van der Waals surface area (Å²) in [7, 11) is 0. The lowest BCUT2D eigenvalue weighted by Gasteiger charge is -2.17. The van der Waals surface area contributed by atoms with E-state index in [4.69, 9.17) is 0 Å². The molecule has 5 nitrogen and oxygen atoms in total. The minimum atomic E-state index is -0.00923. The van der Waals surface area contributed by atoms with E-state index < -0.39 is 0 Å². The summed E-state index contributed by atoms with van der Waals surface area (Å²) >= 11 is 1.38. The maximum absolute atomic E-state index is 12.4. The van der Waals surface area contributed by atoms with Crippen LogP contribution >= 0.6 is 11.8 Å². The number of amides is 1. The van der Waals surface area contributed by atoms with Crippen molar-refractivity contribution in [3.05, 3.63) is 72.1 Å². The van der Waals surface area contributed by atoms with Crippen molar-refractivity contribution in [3.63, 3.8) is 0 Å².